The van der Waals surface area contributed by atoms with Gasteiger partial charge in [-0.3, -0.25) is 4.79 Å². The summed E-state index contributed by atoms with van der Waals surface area (Å²) < 4.78 is 5.20. The number of methoxy groups -OCH3 is 1. The molecular weight excluding hydrogens is 288 g/mol. The Kier molecular flexibility index (Phi) is 6.49. The predicted molar refractivity (Wildman–Crippen MR) is 86.7 cm³/mol. The van der Waals surface area contributed by atoms with Crippen molar-refractivity contribution in [3.63, 3.8) is 0 Å². The summed E-state index contributed by atoms with van der Waals surface area (Å²) in [7, 11) is 3.47. The molecule has 0 spiro atoms. The van der Waals surface area contributed by atoms with E-state index in [0.717, 1.165) is 37.0 Å². The van der Waals surface area contributed by atoms with E-state index in [4.69, 9.17) is 10.5 Å². The van der Waals surface area contributed by atoms with Gasteiger partial charge in [-0.1, -0.05) is 31.4 Å². The molecular formula is C16H25ClN2O2. The molecule has 0 aromatic heterocycles. The van der Waals surface area contributed by atoms with Gasteiger partial charge in [-0.15, -0.1) is 12.4 Å². The molecule has 0 unspecified atom stereocenters. The normalized spacial score (nSPS) is 16.7. The largest absolute Gasteiger partial charge is 0.497 e. The van der Waals surface area contributed by atoms with Crippen molar-refractivity contribution >= 4 is 18.3 Å². The molecule has 0 aliphatic heterocycles. The van der Waals surface area contributed by atoms with Crippen LogP contribution < -0.4 is 10.5 Å². The number of nitrogens with zero attached hydrogens (tertiary/aromatic N) is 1. The lowest BCUT2D eigenvalue weighted by Gasteiger charge is -2.35. The Hall–Kier alpha value is -1.26. The van der Waals surface area contributed by atoms with Crippen molar-refractivity contribution in [2.75, 3.05) is 14.2 Å². The second-order valence-electron chi connectivity index (χ2n) is 5.73. The third-order valence-corrected chi connectivity index (χ3v) is 4.07. The van der Waals surface area contributed by atoms with E-state index in [1.165, 1.54) is 6.42 Å². The summed E-state index contributed by atoms with van der Waals surface area (Å²) in [4.78, 5) is 14.3. The highest BCUT2D eigenvalue weighted by Gasteiger charge is 2.37. The minimum Gasteiger partial charge on any atom is -0.497 e. The SMILES string of the molecule is COc1cccc(CN(C)C(=O)C2(N)CCCCC2)c1.Cl. The minimum absolute atomic E-state index is 0. The van der Waals surface area contributed by atoms with Gasteiger partial charge in [-0.25, -0.2) is 0 Å². The van der Waals surface area contributed by atoms with Crippen LogP contribution in [0, 0.1) is 0 Å². The lowest BCUT2D eigenvalue weighted by Crippen LogP contribution is -2.55. The van der Waals surface area contributed by atoms with Gasteiger partial charge in [0.25, 0.3) is 0 Å². The van der Waals surface area contributed by atoms with E-state index < -0.39 is 5.54 Å². The van der Waals surface area contributed by atoms with Crippen molar-refractivity contribution in [1.29, 1.82) is 0 Å². The molecule has 21 heavy (non-hydrogen) atoms. The molecule has 0 saturated heterocycles. The van der Waals surface area contributed by atoms with E-state index in [9.17, 15) is 4.79 Å². The summed E-state index contributed by atoms with van der Waals surface area (Å²) in [5, 5.41) is 0. The highest BCUT2D eigenvalue weighted by atomic mass is 35.5. The van der Waals surface area contributed by atoms with Gasteiger partial charge in [0.05, 0.1) is 12.6 Å². The van der Waals surface area contributed by atoms with Crippen molar-refractivity contribution in [1.82, 2.24) is 4.90 Å². The molecule has 1 fully saturated rings. The van der Waals surface area contributed by atoms with Crippen LogP contribution in [0.25, 0.3) is 0 Å². The number of amides is 1. The number of benzene rings is 1. The van der Waals surface area contributed by atoms with Gasteiger partial charge in [0.15, 0.2) is 0 Å². The molecule has 0 bridgehead atoms. The molecule has 1 aromatic rings. The number of halogens is 1. The van der Waals surface area contributed by atoms with Gasteiger partial charge in [-0.2, -0.15) is 0 Å². The molecule has 118 valence electrons. The molecule has 0 heterocycles. The number of hydrogen-bond donors (Lipinski definition) is 1. The van der Waals surface area contributed by atoms with E-state index >= 15 is 0 Å². The Labute approximate surface area is 133 Å². The Morgan fingerprint density at radius 1 is 1.33 bits per heavy atom. The highest BCUT2D eigenvalue weighted by Crippen LogP contribution is 2.28. The highest BCUT2D eigenvalue weighted by molar-refractivity contribution is 5.86. The molecule has 1 saturated carbocycles. The molecule has 0 atom stereocenters. The van der Waals surface area contributed by atoms with Gasteiger partial charge < -0.3 is 15.4 Å². The number of nitrogens with two attached hydrogens (primary N) is 1. The van der Waals surface area contributed by atoms with Gasteiger partial charge in [0.1, 0.15) is 5.75 Å². The Morgan fingerprint density at radius 2 is 2.00 bits per heavy atom. The number of ether oxygens (including phenoxy) is 1. The maximum absolute atomic E-state index is 12.5. The van der Waals surface area contributed by atoms with Crippen molar-refractivity contribution in [2.24, 2.45) is 5.73 Å². The van der Waals surface area contributed by atoms with Gasteiger partial charge in [-0.05, 0) is 30.5 Å². The van der Waals surface area contributed by atoms with Crippen LogP contribution in [0.15, 0.2) is 24.3 Å². The number of carbonyl (C=O) groups excluding carboxylic acids is 1. The van der Waals surface area contributed by atoms with Crippen LogP contribution in [0.4, 0.5) is 0 Å². The Morgan fingerprint density at radius 3 is 2.62 bits per heavy atom. The summed E-state index contributed by atoms with van der Waals surface area (Å²) in [6.07, 6.45) is 4.89. The molecule has 1 aliphatic carbocycles. The van der Waals surface area contributed by atoms with Crippen LogP contribution >= 0.6 is 12.4 Å². The minimum atomic E-state index is -0.661. The molecule has 2 rings (SSSR count). The third kappa shape index (κ3) is 4.35. The second-order valence-corrected chi connectivity index (χ2v) is 5.73. The molecule has 1 aliphatic rings. The number of hydrogen-bond acceptors (Lipinski definition) is 3. The van der Waals surface area contributed by atoms with E-state index in [2.05, 4.69) is 0 Å². The van der Waals surface area contributed by atoms with Gasteiger partial charge in [0, 0.05) is 13.6 Å². The first-order valence-corrected chi connectivity index (χ1v) is 7.22. The fourth-order valence-electron chi connectivity index (χ4n) is 2.89. The summed E-state index contributed by atoms with van der Waals surface area (Å²) >= 11 is 0. The lowest BCUT2D eigenvalue weighted by atomic mass is 9.81. The van der Waals surface area contributed by atoms with Crippen LogP contribution in [0.2, 0.25) is 0 Å². The molecule has 5 heteroatoms. The molecule has 4 nitrogen and oxygen atoms in total. The van der Waals surface area contributed by atoms with E-state index in [1.807, 2.05) is 31.3 Å². The summed E-state index contributed by atoms with van der Waals surface area (Å²) in [6.45, 7) is 0.564. The van der Waals surface area contributed by atoms with Crippen molar-refractivity contribution in [2.45, 2.75) is 44.2 Å². The zero-order chi connectivity index (χ0) is 14.6. The van der Waals surface area contributed by atoms with Gasteiger partial charge >= 0.3 is 0 Å². The first kappa shape index (κ1) is 17.8. The fraction of sp³-hybridized carbons (Fsp3) is 0.562. The van der Waals surface area contributed by atoms with Crippen LogP contribution in [0.3, 0.4) is 0 Å². The number of rotatable bonds is 4. The molecule has 0 radical (unpaired) electrons. The van der Waals surface area contributed by atoms with Crippen molar-refractivity contribution in [3.05, 3.63) is 29.8 Å². The van der Waals surface area contributed by atoms with E-state index in [1.54, 1.807) is 12.0 Å². The smallest absolute Gasteiger partial charge is 0.242 e. The summed E-state index contributed by atoms with van der Waals surface area (Å²) in [5.41, 5.74) is 6.69. The average Bonchev–Trinajstić information content (AvgIpc) is 2.47. The molecule has 1 aromatic carbocycles. The summed E-state index contributed by atoms with van der Waals surface area (Å²) in [6, 6.07) is 7.78. The van der Waals surface area contributed by atoms with E-state index in [0.29, 0.717) is 6.54 Å². The topological polar surface area (TPSA) is 55.6 Å². The maximum atomic E-state index is 12.5. The second kappa shape index (κ2) is 7.66. The maximum Gasteiger partial charge on any atom is 0.242 e. The van der Waals surface area contributed by atoms with Gasteiger partial charge in [0.2, 0.25) is 5.91 Å². The molecule has 2 N–H and O–H groups in total. The number of likely N-dealkylation sites (N-methyl/N-ethyl adjacent to an activating group) is 1. The monoisotopic (exact) mass is 312 g/mol. The van der Waals surface area contributed by atoms with Crippen LogP contribution in [0.5, 0.6) is 5.75 Å². The van der Waals surface area contributed by atoms with Crippen LogP contribution in [-0.4, -0.2) is 30.5 Å². The van der Waals surface area contributed by atoms with Crippen molar-refractivity contribution in [3.8, 4) is 5.75 Å². The Balaban J connectivity index is 0.00000220. The third-order valence-electron chi connectivity index (χ3n) is 4.07. The quantitative estimate of drug-likeness (QED) is 0.930. The molecule has 1 amide bonds. The summed E-state index contributed by atoms with van der Waals surface area (Å²) in [5.74, 6) is 0.864. The lowest BCUT2D eigenvalue weighted by molar-refractivity contribution is -0.137. The van der Waals surface area contributed by atoms with E-state index in [-0.39, 0.29) is 18.3 Å². The van der Waals surface area contributed by atoms with Crippen LogP contribution in [-0.2, 0) is 11.3 Å². The fourth-order valence-corrected chi connectivity index (χ4v) is 2.89. The standard InChI is InChI=1S/C16H24N2O2.ClH/c1-18(12-13-7-6-8-14(11-13)20-2)15(19)16(17)9-4-3-5-10-16;/h6-8,11H,3-5,9-10,12,17H2,1-2H3;1H. The predicted octanol–water partition coefficient (Wildman–Crippen LogP) is 2.74. The average molecular weight is 313 g/mol. The van der Waals surface area contributed by atoms with Crippen LogP contribution in [0.1, 0.15) is 37.7 Å². The first-order valence-electron chi connectivity index (χ1n) is 7.22. The first-order chi connectivity index (χ1) is 9.55. The zero-order valence-corrected chi connectivity index (χ0v) is 13.6. The zero-order valence-electron chi connectivity index (χ0n) is 12.8. The number of carbonyl (C=O) groups is 1. The Bertz CT molecular complexity index is 473. The van der Waals surface area contributed by atoms with Crippen molar-refractivity contribution < 1.29 is 9.53 Å².